The Bertz CT molecular complexity index is 549. The van der Waals surface area contributed by atoms with E-state index in [1.165, 1.54) is 0 Å². The molecule has 1 saturated heterocycles. The average molecular weight is 260 g/mol. The number of hydrogen-bond acceptors (Lipinski definition) is 3. The Labute approximate surface area is 110 Å². The molecule has 2 unspecified atom stereocenters. The quantitative estimate of drug-likeness (QED) is 0.855. The lowest BCUT2D eigenvalue weighted by Gasteiger charge is -2.14. The Kier molecular flexibility index (Phi) is 2.84. The van der Waals surface area contributed by atoms with Crippen LogP contribution >= 0.6 is 11.3 Å². The van der Waals surface area contributed by atoms with Crippen LogP contribution in [0.15, 0.2) is 30.3 Å². The van der Waals surface area contributed by atoms with Crippen molar-refractivity contribution in [2.75, 3.05) is 13.1 Å². The van der Waals surface area contributed by atoms with E-state index >= 15 is 0 Å². The van der Waals surface area contributed by atoms with Gasteiger partial charge in [0, 0.05) is 23.8 Å². The largest absolute Gasteiger partial charge is 0.336 e. The maximum Gasteiger partial charge on any atom is 0.264 e. The maximum atomic E-state index is 12.4. The summed E-state index contributed by atoms with van der Waals surface area (Å²) in [5, 5.41) is 1.14. The summed E-state index contributed by atoms with van der Waals surface area (Å²) in [6, 6.07) is 10.2. The van der Waals surface area contributed by atoms with Crippen molar-refractivity contribution >= 4 is 27.3 Å². The van der Waals surface area contributed by atoms with Gasteiger partial charge in [-0.2, -0.15) is 0 Å². The number of rotatable bonds is 1. The summed E-state index contributed by atoms with van der Waals surface area (Å²) in [5.74, 6) is 0.513. The lowest BCUT2D eigenvalue weighted by Crippen LogP contribution is -2.31. The number of benzene rings is 1. The van der Waals surface area contributed by atoms with Crippen LogP contribution in [0, 0.1) is 5.92 Å². The molecule has 18 heavy (non-hydrogen) atoms. The standard InChI is InChI=1S/C14H16N2OS/c1-9-7-16(8-11(9)15)14(17)13-6-10-4-2-3-5-12(10)18-13/h2-6,9,11H,7-8,15H2,1H3. The van der Waals surface area contributed by atoms with E-state index in [2.05, 4.69) is 13.0 Å². The summed E-state index contributed by atoms with van der Waals surface area (Å²) in [7, 11) is 0. The van der Waals surface area contributed by atoms with Gasteiger partial charge in [-0.3, -0.25) is 4.79 Å². The van der Waals surface area contributed by atoms with E-state index in [0.29, 0.717) is 12.5 Å². The minimum atomic E-state index is 0.114. The fourth-order valence-corrected chi connectivity index (χ4v) is 3.43. The molecule has 0 bridgehead atoms. The number of fused-ring (bicyclic) bond motifs is 1. The number of hydrogen-bond donors (Lipinski definition) is 1. The molecule has 2 heterocycles. The van der Waals surface area contributed by atoms with E-state index in [0.717, 1.165) is 21.5 Å². The molecule has 0 aliphatic carbocycles. The molecule has 1 fully saturated rings. The van der Waals surface area contributed by atoms with Gasteiger partial charge in [-0.15, -0.1) is 11.3 Å². The Morgan fingerprint density at radius 3 is 2.83 bits per heavy atom. The van der Waals surface area contributed by atoms with E-state index in [1.54, 1.807) is 11.3 Å². The van der Waals surface area contributed by atoms with Crippen molar-refractivity contribution in [1.82, 2.24) is 4.90 Å². The molecule has 4 heteroatoms. The molecule has 1 aromatic carbocycles. The van der Waals surface area contributed by atoms with Gasteiger partial charge >= 0.3 is 0 Å². The number of thiophene rings is 1. The SMILES string of the molecule is CC1CN(C(=O)c2cc3ccccc3s2)CC1N. The molecule has 1 aromatic heterocycles. The average Bonchev–Trinajstić information content (AvgIpc) is 2.93. The zero-order valence-corrected chi connectivity index (χ0v) is 11.1. The summed E-state index contributed by atoms with van der Waals surface area (Å²) in [5.41, 5.74) is 5.97. The summed E-state index contributed by atoms with van der Waals surface area (Å²) < 4.78 is 1.16. The van der Waals surface area contributed by atoms with Crippen molar-refractivity contribution in [2.24, 2.45) is 11.7 Å². The number of likely N-dealkylation sites (tertiary alicyclic amines) is 1. The van der Waals surface area contributed by atoms with E-state index < -0.39 is 0 Å². The number of carbonyl (C=O) groups is 1. The first-order valence-electron chi connectivity index (χ1n) is 6.18. The van der Waals surface area contributed by atoms with Crippen LogP contribution in [0.3, 0.4) is 0 Å². The number of carbonyl (C=O) groups excluding carboxylic acids is 1. The van der Waals surface area contributed by atoms with Crippen LogP contribution in [-0.4, -0.2) is 29.9 Å². The van der Waals surface area contributed by atoms with Crippen LogP contribution in [0.2, 0.25) is 0 Å². The highest BCUT2D eigenvalue weighted by Gasteiger charge is 2.30. The van der Waals surface area contributed by atoms with E-state index in [9.17, 15) is 4.79 Å². The lowest BCUT2D eigenvalue weighted by atomic mass is 10.1. The molecular weight excluding hydrogens is 244 g/mol. The second-order valence-electron chi connectivity index (χ2n) is 5.00. The molecule has 2 atom stereocenters. The highest BCUT2D eigenvalue weighted by atomic mass is 32.1. The van der Waals surface area contributed by atoms with Gasteiger partial charge in [-0.05, 0) is 23.4 Å². The van der Waals surface area contributed by atoms with Crippen molar-refractivity contribution in [3.05, 3.63) is 35.2 Å². The number of amides is 1. The van der Waals surface area contributed by atoms with Gasteiger partial charge in [0.05, 0.1) is 4.88 Å². The lowest BCUT2D eigenvalue weighted by molar-refractivity contribution is 0.0791. The van der Waals surface area contributed by atoms with Crippen LogP contribution in [0.25, 0.3) is 10.1 Å². The molecule has 0 saturated carbocycles. The highest BCUT2D eigenvalue weighted by Crippen LogP contribution is 2.27. The van der Waals surface area contributed by atoms with Crippen LogP contribution < -0.4 is 5.73 Å². The van der Waals surface area contributed by atoms with Gasteiger partial charge in [0.2, 0.25) is 0 Å². The predicted octanol–water partition coefficient (Wildman–Crippen LogP) is 2.32. The third-order valence-corrected chi connectivity index (χ3v) is 4.70. The Morgan fingerprint density at radius 2 is 2.17 bits per heavy atom. The zero-order chi connectivity index (χ0) is 12.7. The first-order chi connectivity index (χ1) is 8.65. The Morgan fingerprint density at radius 1 is 1.39 bits per heavy atom. The molecule has 2 N–H and O–H groups in total. The molecule has 94 valence electrons. The normalized spacial score (nSPS) is 23.8. The van der Waals surface area contributed by atoms with Crippen LogP contribution in [0.1, 0.15) is 16.6 Å². The van der Waals surface area contributed by atoms with Gasteiger partial charge in [0.1, 0.15) is 0 Å². The van der Waals surface area contributed by atoms with Crippen molar-refractivity contribution in [2.45, 2.75) is 13.0 Å². The third kappa shape index (κ3) is 1.91. The molecule has 1 amide bonds. The van der Waals surface area contributed by atoms with Gasteiger partial charge in [-0.1, -0.05) is 25.1 Å². The Balaban J connectivity index is 1.88. The van der Waals surface area contributed by atoms with E-state index in [-0.39, 0.29) is 11.9 Å². The highest BCUT2D eigenvalue weighted by molar-refractivity contribution is 7.20. The maximum absolute atomic E-state index is 12.4. The minimum absolute atomic E-state index is 0.114. The van der Waals surface area contributed by atoms with Crippen molar-refractivity contribution < 1.29 is 4.79 Å². The zero-order valence-electron chi connectivity index (χ0n) is 10.3. The third-order valence-electron chi connectivity index (χ3n) is 3.59. The van der Waals surface area contributed by atoms with Crippen molar-refractivity contribution in [3.63, 3.8) is 0 Å². The minimum Gasteiger partial charge on any atom is -0.336 e. The summed E-state index contributed by atoms with van der Waals surface area (Å²) in [4.78, 5) is 15.1. The molecule has 1 aliphatic rings. The molecule has 0 radical (unpaired) electrons. The van der Waals surface area contributed by atoms with Gasteiger partial charge in [0.25, 0.3) is 5.91 Å². The van der Waals surface area contributed by atoms with Gasteiger partial charge < -0.3 is 10.6 Å². The topological polar surface area (TPSA) is 46.3 Å². The monoisotopic (exact) mass is 260 g/mol. The molecule has 3 rings (SSSR count). The molecule has 1 aliphatic heterocycles. The number of nitrogens with two attached hydrogens (primary N) is 1. The fraction of sp³-hybridized carbons (Fsp3) is 0.357. The van der Waals surface area contributed by atoms with Crippen molar-refractivity contribution in [3.8, 4) is 0 Å². The molecule has 3 nitrogen and oxygen atoms in total. The smallest absolute Gasteiger partial charge is 0.264 e. The van der Waals surface area contributed by atoms with E-state index in [1.807, 2.05) is 29.2 Å². The van der Waals surface area contributed by atoms with E-state index in [4.69, 9.17) is 5.73 Å². The first-order valence-corrected chi connectivity index (χ1v) is 7.00. The molecule has 2 aromatic rings. The second kappa shape index (κ2) is 4.37. The fourth-order valence-electron chi connectivity index (χ4n) is 2.40. The number of nitrogens with zero attached hydrogens (tertiary/aromatic N) is 1. The van der Waals surface area contributed by atoms with Gasteiger partial charge in [0.15, 0.2) is 0 Å². The second-order valence-corrected chi connectivity index (χ2v) is 6.08. The van der Waals surface area contributed by atoms with Crippen LogP contribution in [0.4, 0.5) is 0 Å². The van der Waals surface area contributed by atoms with Crippen LogP contribution in [0.5, 0.6) is 0 Å². The predicted molar refractivity (Wildman–Crippen MR) is 74.9 cm³/mol. The van der Waals surface area contributed by atoms with Crippen LogP contribution in [-0.2, 0) is 0 Å². The summed E-state index contributed by atoms with van der Waals surface area (Å²) in [6.45, 7) is 3.55. The molecule has 0 spiro atoms. The van der Waals surface area contributed by atoms with Gasteiger partial charge in [-0.25, -0.2) is 0 Å². The Hall–Kier alpha value is -1.39. The molecular formula is C14H16N2OS. The first kappa shape index (κ1) is 11.7. The summed E-state index contributed by atoms with van der Waals surface area (Å²) in [6.07, 6.45) is 0. The summed E-state index contributed by atoms with van der Waals surface area (Å²) >= 11 is 1.56. The van der Waals surface area contributed by atoms with Crippen molar-refractivity contribution in [1.29, 1.82) is 0 Å².